The van der Waals surface area contributed by atoms with Gasteiger partial charge >= 0.3 is 0 Å². The van der Waals surface area contributed by atoms with Crippen LogP contribution in [0.2, 0.25) is 0 Å². The summed E-state index contributed by atoms with van der Waals surface area (Å²) in [5.74, 6) is 1.70. The number of methoxy groups -OCH3 is 1. The second kappa shape index (κ2) is 7.39. The van der Waals surface area contributed by atoms with E-state index in [-0.39, 0.29) is 0 Å². The summed E-state index contributed by atoms with van der Waals surface area (Å²) in [6.07, 6.45) is 3.80. The molecule has 1 atom stereocenters. The average molecular weight is 249 g/mol. The number of hydrogen-bond donors (Lipinski definition) is 1. The Hall–Kier alpha value is -1.06. The van der Waals surface area contributed by atoms with Gasteiger partial charge in [0, 0.05) is 12.2 Å². The van der Waals surface area contributed by atoms with Crippen molar-refractivity contribution in [2.24, 2.45) is 5.92 Å². The fourth-order valence-electron chi connectivity index (χ4n) is 2.42. The summed E-state index contributed by atoms with van der Waals surface area (Å²) in [5.41, 5.74) is 1.13. The number of ether oxygens (including phenoxy) is 2. The van der Waals surface area contributed by atoms with E-state index in [1.165, 1.54) is 19.4 Å². The lowest BCUT2D eigenvalue weighted by atomic mass is 9.97. The number of rotatable bonds is 6. The van der Waals surface area contributed by atoms with Gasteiger partial charge in [0.2, 0.25) is 0 Å². The van der Waals surface area contributed by atoms with Crippen LogP contribution in [0.5, 0.6) is 5.75 Å². The average Bonchev–Trinajstić information content (AvgIpc) is 2.45. The van der Waals surface area contributed by atoms with Crippen molar-refractivity contribution in [3.05, 3.63) is 29.8 Å². The first-order valence-corrected chi connectivity index (χ1v) is 6.80. The van der Waals surface area contributed by atoms with Gasteiger partial charge in [-0.1, -0.05) is 18.2 Å². The molecule has 1 aliphatic heterocycles. The quantitative estimate of drug-likeness (QED) is 0.786. The minimum Gasteiger partial charge on any atom is -0.496 e. The lowest BCUT2D eigenvalue weighted by Crippen LogP contribution is -2.30. The van der Waals surface area contributed by atoms with Crippen LogP contribution in [-0.4, -0.2) is 26.8 Å². The summed E-state index contributed by atoms with van der Waals surface area (Å²) in [5, 5.41) is 3.44. The molecule has 1 aromatic carbocycles. The van der Waals surface area contributed by atoms with Gasteiger partial charge in [0.05, 0.1) is 13.7 Å². The lowest BCUT2D eigenvalue weighted by Gasteiger charge is -2.22. The van der Waals surface area contributed by atoms with Crippen molar-refractivity contribution in [1.29, 1.82) is 0 Å². The zero-order chi connectivity index (χ0) is 12.6. The highest BCUT2D eigenvalue weighted by Crippen LogP contribution is 2.19. The molecule has 1 fully saturated rings. The lowest BCUT2D eigenvalue weighted by molar-refractivity contribution is 0.102. The number of hydrogen-bond acceptors (Lipinski definition) is 3. The summed E-state index contributed by atoms with van der Waals surface area (Å²) >= 11 is 0. The third-order valence-electron chi connectivity index (χ3n) is 3.52. The van der Waals surface area contributed by atoms with Gasteiger partial charge < -0.3 is 14.8 Å². The van der Waals surface area contributed by atoms with E-state index in [1.807, 2.05) is 18.2 Å². The van der Waals surface area contributed by atoms with E-state index < -0.39 is 0 Å². The third kappa shape index (κ3) is 4.00. The Labute approximate surface area is 109 Å². The van der Waals surface area contributed by atoms with Crippen LogP contribution in [0, 0.1) is 5.92 Å². The molecule has 1 aromatic rings. The maximum absolute atomic E-state index is 5.76. The molecule has 2 rings (SSSR count). The van der Waals surface area contributed by atoms with E-state index in [2.05, 4.69) is 11.4 Å². The summed E-state index contributed by atoms with van der Waals surface area (Å²) < 4.78 is 11.1. The number of para-hydroxylation sites is 1. The van der Waals surface area contributed by atoms with E-state index >= 15 is 0 Å². The molecule has 1 N–H and O–H groups in total. The Morgan fingerprint density at radius 3 is 3.00 bits per heavy atom. The van der Waals surface area contributed by atoms with Gasteiger partial charge in [-0.05, 0) is 44.3 Å². The normalized spacial score (nSPS) is 19.7. The van der Waals surface area contributed by atoms with E-state index in [4.69, 9.17) is 9.47 Å². The Morgan fingerprint density at radius 2 is 2.22 bits per heavy atom. The molecular formula is C15H23NO2. The van der Waals surface area contributed by atoms with Gasteiger partial charge in [-0.15, -0.1) is 0 Å². The summed E-state index contributed by atoms with van der Waals surface area (Å²) in [4.78, 5) is 0. The standard InChI is InChI=1S/C15H23NO2/c1-17-15-7-3-2-6-14(15)12-18-10-8-13-5-4-9-16-11-13/h2-3,6-7,13,16H,4-5,8-12H2,1H3/t13-/m0/s1. The summed E-state index contributed by atoms with van der Waals surface area (Å²) in [7, 11) is 1.70. The first-order valence-electron chi connectivity index (χ1n) is 6.80. The number of piperidine rings is 1. The van der Waals surface area contributed by atoms with Crippen molar-refractivity contribution in [3.63, 3.8) is 0 Å². The van der Waals surface area contributed by atoms with Gasteiger partial charge in [0.1, 0.15) is 5.75 Å². The van der Waals surface area contributed by atoms with Gasteiger partial charge in [-0.25, -0.2) is 0 Å². The fourth-order valence-corrected chi connectivity index (χ4v) is 2.42. The minimum absolute atomic E-state index is 0.643. The van der Waals surface area contributed by atoms with E-state index in [0.717, 1.165) is 36.8 Å². The van der Waals surface area contributed by atoms with Gasteiger partial charge in [-0.3, -0.25) is 0 Å². The Bertz CT molecular complexity index is 348. The molecular weight excluding hydrogens is 226 g/mol. The van der Waals surface area contributed by atoms with Gasteiger partial charge in [0.15, 0.2) is 0 Å². The second-order valence-corrected chi connectivity index (χ2v) is 4.87. The zero-order valence-electron chi connectivity index (χ0n) is 11.2. The summed E-state index contributed by atoms with van der Waals surface area (Å²) in [6.45, 7) is 3.81. The molecule has 18 heavy (non-hydrogen) atoms. The van der Waals surface area contributed by atoms with Crippen molar-refractivity contribution in [3.8, 4) is 5.75 Å². The largest absolute Gasteiger partial charge is 0.496 e. The first-order chi connectivity index (χ1) is 8.90. The maximum Gasteiger partial charge on any atom is 0.124 e. The first kappa shape index (κ1) is 13.4. The van der Waals surface area contributed by atoms with Crippen LogP contribution in [0.3, 0.4) is 0 Å². The van der Waals surface area contributed by atoms with Crippen LogP contribution in [0.4, 0.5) is 0 Å². The van der Waals surface area contributed by atoms with Crippen molar-refractivity contribution >= 4 is 0 Å². The van der Waals surface area contributed by atoms with E-state index in [0.29, 0.717) is 6.61 Å². The van der Waals surface area contributed by atoms with Crippen molar-refractivity contribution < 1.29 is 9.47 Å². The van der Waals surface area contributed by atoms with Crippen LogP contribution in [0.1, 0.15) is 24.8 Å². The monoisotopic (exact) mass is 249 g/mol. The Balaban J connectivity index is 1.68. The minimum atomic E-state index is 0.643. The van der Waals surface area contributed by atoms with E-state index in [9.17, 15) is 0 Å². The van der Waals surface area contributed by atoms with Crippen molar-refractivity contribution in [1.82, 2.24) is 5.32 Å². The smallest absolute Gasteiger partial charge is 0.124 e. The maximum atomic E-state index is 5.76. The molecule has 0 radical (unpaired) electrons. The molecule has 3 heteroatoms. The summed E-state index contributed by atoms with van der Waals surface area (Å²) in [6, 6.07) is 8.03. The predicted octanol–water partition coefficient (Wildman–Crippen LogP) is 2.60. The Morgan fingerprint density at radius 1 is 1.33 bits per heavy atom. The van der Waals surface area contributed by atoms with Crippen LogP contribution in [0.25, 0.3) is 0 Å². The Kier molecular flexibility index (Phi) is 5.49. The second-order valence-electron chi connectivity index (χ2n) is 4.87. The van der Waals surface area contributed by atoms with E-state index in [1.54, 1.807) is 7.11 Å². The van der Waals surface area contributed by atoms with Crippen LogP contribution < -0.4 is 10.1 Å². The molecule has 0 bridgehead atoms. The van der Waals surface area contributed by atoms with Crippen molar-refractivity contribution in [2.45, 2.75) is 25.9 Å². The van der Waals surface area contributed by atoms with Crippen LogP contribution in [-0.2, 0) is 11.3 Å². The van der Waals surface area contributed by atoms with Gasteiger partial charge in [0.25, 0.3) is 0 Å². The zero-order valence-corrected chi connectivity index (χ0v) is 11.2. The molecule has 0 unspecified atom stereocenters. The molecule has 1 heterocycles. The highest BCUT2D eigenvalue weighted by Gasteiger charge is 2.12. The van der Waals surface area contributed by atoms with Crippen molar-refractivity contribution in [2.75, 3.05) is 26.8 Å². The molecule has 1 saturated heterocycles. The predicted molar refractivity (Wildman–Crippen MR) is 72.9 cm³/mol. The third-order valence-corrected chi connectivity index (χ3v) is 3.52. The fraction of sp³-hybridized carbons (Fsp3) is 0.600. The van der Waals surface area contributed by atoms with Crippen LogP contribution in [0.15, 0.2) is 24.3 Å². The molecule has 3 nitrogen and oxygen atoms in total. The topological polar surface area (TPSA) is 30.5 Å². The molecule has 1 aliphatic rings. The number of benzene rings is 1. The molecule has 100 valence electrons. The highest BCUT2D eigenvalue weighted by atomic mass is 16.5. The molecule has 0 spiro atoms. The SMILES string of the molecule is COc1ccccc1COCC[C@@H]1CCCNC1. The molecule has 0 aliphatic carbocycles. The van der Waals surface area contributed by atoms with Crippen LogP contribution >= 0.6 is 0 Å². The highest BCUT2D eigenvalue weighted by molar-refractivity contribution is 5.32. The molecule has 0 amide bonds. The molecule has 0 saturated carbocycles. The van der Waals surface area contributed by atoms with Gasteiger partial charge in [-0.2, -0.15) is 0 Å². The number of nitrogens with one attached hydrogen (secondary N) is 1. The molecule has 0 aromatic heterocycles.